The zero-order valence-corrected chi connectivity index (χ0v) is 12.7. The average Bonchev–Trinajstić information content (AvgIpc) is 2.95. The maximum Gasteiger partial charge on any atom is 0.414 e. The van der Waals surface area contributed by atoms with Crippen molar-refractivity contribution in [3.05, 3.63) is 53.8 Å². The number of nitrogens with one attached hydrogen (secondary N) is 1. The monoisotopic (exact) mass is 313 g/mol. The second-order valence-corrected chi connectivity index (χ2v) is 5.47. The zero-order valence-electron chi connectivity index (χ0n) is 12.7. The Kier molecular flexibility index (Phi) is 4.32. The van der Waals surface area contributed by atoms with Crippen molar-refractivity contribution in [2.24, 2.45) is 5.73 Å². The van der Waals surface area contributed by atoms with Crippen LogP contribution in [0.3, 0.4) is 0 Å². The van der Waals surface area contributed by atoms with E-state index >= 15 is 0 Å². The van der Waals surface area contributed by atoms with Crippen molar-refractivity contribution >= 4 is 17.6 Å². The van der Waals surface area contributed by atoms with Gasteiger partial charge in [-0.1, -0.05) is 6.08 Å². The van der Waals surface area contributed by atoms with Crippen LogP contribution in [0, 0.1) is 5.41 Å². The highest BCUT2D eigenvalue weighted by Crippen LogP contribution is 2.23. The maximum absolute atomic E-state index is 12.0. The van der Waals surface area contributed by atoms with Gasteiger partial charge in [-0.3, -0.25) is 10.3 Å². The molecular weight excluding hydrogens is 294 g/mol. The van der Waals surface area contributed by atoms with Gasteiger partial charge in [0.25, 0.3) is 0 Å². The number of ether oxygens (including phenoxy) is 2. The van der Waals surface area contributed by atoms with Crippen LogP contribution in [0.5, 0.6) is 0 Å². The first kappa shape index (κ1) is 15.1. The van der Waals surface area contributed by atoms with Gasteiger partial charge in [-0.15, -0.1) is 0 Å². The molecule has 1 saturated heterocycles. The van der Waals surface area contributed by atoms with Crippen molar-refractivity contribution < 1.29 is 14.3 Å². The lowest BCUT2D eigenvalue weighted by molar-refractivity contribution is 0.0805. The Labute approximate surface area is 134 Å². The largest absolute Gasteiger partial charge is 0.490 e. The van der Waals surface area contributed by atoms with Crippen LogP contribution in [-0.2, 0) is 9.47 Å². The Hall–Kier alpha value is -2.76. The predicted octanol–water partition coefficient (Wildman–Crippen LogP) is 2.55. The summed E-state index contributed by atoms with van der Waals surface area (Å²) in [7, 11) is 0. The number of carbonyl (C=O) groups excluding carboxylic acids is 1. The smallest absolute Gasteiger partial charge is 0.414 e. The molecule has 6 nitrogen and oxygen atoms in total. The molecule has 0 spiro atoms. The Morgan fingerprint density at radius 1 is 1.35 bits per heavy atom. The number of amides is 1. The molecule has 1 aromatic carbocycles. The minimum Gasteiger partial charge on any atom is -0.490 e. The summed E-state index contributed by atoms with van der Waals surface area (Å²) in [6, 6.07) is 6.94. The number of cyclic esters (lactones) is 1. The molecule has 1 aliphatic heterocycles. The number of anilines is 1. The molecule has 1 fully saturated rings. The highest BCUT2D eigenvalue weighted by molar-refractivity contribution is 5.96. The molecule has 120 valence electrons. The number of nitrogen functional groups attached to an aromatic ring is 1. The molecule has 23 heavy (non-hydrogen) atoms. The summed E-state index contributed by atoms with van der Waals surface area (Å²) in [4.78, 5) is 13.6. The van der Waals surface area contributed by atoms with E-state index in [4.69, 9.17) is 20.6 Å². The van der Waals surface area contributed by atoms with Gasteiger partial charge >= 0.3 is 6.09 Å². The number of hydrogen-bond donors (Lipinski definition) is 2. The van der Waals surface area contributed by atoms with E-state index in [1.165, 1.54) is 0 Å². The van der Waals surface area contributed by atoms with Gasteiger partial charge in [0.05, 0.1) is 6.54 Å². The first-order chi connectivity index (χ1) is 11.1. The third kappa shape index (κ3) is 3.53. The van der Waals surface area contributed by atoms with Crippen molar-refractivity contribution in [2.75, 3.05) is 18.1 Å². The molecule has 0 saturated carbocycles. The van der Waals surface area contributed by atoms with Crippen molar-refractivity contribution in [3.63, 3.8) is 0 Å². The number of nitrogens with two attached hydrogens (primary N) is 1. The van der Waals surface area contributed by atoms with Crippen molar-refractivity contribution in [1.82, 2.24) is 0 Å². The third-order valence-electron chi connectivity index (χ3n) is 3.76. The molecule has 1 aromatic rings. The highest BCUT2D eigenvalue weighted by Gasteiger charge is 2.32. The SMILES string of the molecule is N=C(N)c1ccc(N2CC(COC3=CCCC=C3)OC2=O)cc1. The Morgan fingerprint density at radius 3 is 2.78 bits per heavy atom. The molecule has 3 rings (SSSR count). The van der Waals surface area contributed by atoms with Gasteiger partial charge in [-0.05, 0) is 49.3 Å². The number of allylic oxidation sites excluding steroid dienone is 3. The number of hydrogen-bond acceptors (Lipinski definition) is 4. The summed E-state index contributed by atoms with van der Waals surface area (Å²) in [6.07, 6.45) is 7.38. The Bertz CT molecular complexity index is 664. The molecule has 1 unspecified atom stereocenters. The molecule has 1 atom stereocenters. The standard InChI is InChI=1S/C17H19N3O3/c18-16(19)12-6-8-13(9-7-12)20-10-15(23-17(20)21)11-22-14-4-2-1-3-5-14/h2,4-9,15H,1,3,10-11H2,(H3,18,19). The van der Waals surface area contributed by atoms with E-state index in [-0.39, 0.29) is 18.0 Å². The number of amidine groups is 1. The average molecular weight is 313 g/mol. The molecule has 1 aliphatic carbocycles. The minimum atomic E-state index is -0.387. The maximum atomic E-state index is 12.0. The van der Waals surface area contributed by atoms with E-state index in [1.54, 1.807) is 29.2 Å². The van der Waals surface area contributed by atoms with E-state index in [1.807, 2.05) is 12.2 Å². The van der Waals surface area contributed by atoms with Crippen molar-refractivity contribution in [3.8, 4) is 0 Å². The van der Waals surface area contributed by atoms with E-state index in [2.05, 4.69) is 6.08 Å². The highest BCUT2D eigenvalue weighted by atomic mass is 16.6. The molecule has 3 N–H and O–H groups in total. The number of rotatable bonds is 5. The van der Waals surface area contributed by atoms with Crippen molar-refractivity contribution in [1.29, 1.82) is 5.41 Å². The van der Waals surface area contributed by atoms with Crippen molar-refractivity contribution in [2.45, 2.75) is 18.9 Å². The van der Waals surface area contributed by atoms with Crippen LogP contribution in [0.1, 0.15) is 18.4 Å². The van der Waals surface area contributed by atoms with E-state index in [0.717, 1.165) is 24.3 Å². The normalized spacial score (nSPS) is 20.2. The van der Waals surface area contributed by atoms with Gasteiger partial charge in [0.1, 0.15) is 18.2 Å². The first-order valence-corrected chi connectivity index (χ1v) is 7.55. The lowest BCUT2D eigenvalue weighted by Gasteiger charge is -2.14. The van der Waals surface area contributed by atoms with Gasteiger partial charge in [-0.2, -0.15) is 0 Å². The summed E-state index contributed by atoms with van der Waals surface area (Å²) in [5.74, 6) is 0.831. The topological polar surface area (TPSA) is 88.6 Å². The lowest BCUT2D eigenvalue weighted by atomic mass is 10.2. The second-order valence-electron chi connectivity index (χ2n) is 5.47. The molecule has 6 heteroatoms. The minimum absolute atomic E-state index is 0.000589. The fourth-order valence-electron chi connectivity index (χ4n) is 2.53. The van der Waals surface area contributed by atoms with Crippen LogP contribution in [0.4, 0.5) is 10.5 Å². The molecule has 2 aliphatic rings. The van der Waals surface area contributed by atoms with Gasteiger partial charge in [0.15, 0.2) is 6.10 Å². The summed E-state index contributed by atoms with van der Waals surface area (Å²) in [5.41, 5.74) is 6.77. The Balaban J connectivity index is 1.59. The van der Waals surface area contributed by atoms with Crippen LogP contribution in [-0.4, -0.2) is 31.2 Å². The number of nitrogens with zero attached hydrogens (tertiary/aromatic N) is 1. The van der Waals surface area contributed by atoms with Gasteiger partial charge in [0, 0.05) is 11.3 Å². The van der Waals surface area contributed by atoms with E-state index < -0.39 is 0 Å². The quantitative estimate of drug-likeness (QED) is 0.646. The Morgan fingerprint density at radius 2 is 2.13 bits per heavy atom. The molecule has 1 heterocycles. The van der Waals surface area contributed by atoms with Crippen LogP contribution in [0.2, 0.25) is 0 Å². The van der Waals surface area contributed by atoms with Gasteiger partial charge in [-0.25, -0.2) is 4.79 Å². The number of carbonyl (C=O) groups is 1. The fraction of sp³-hybridized carbons (Fsp3) is 0.294. The van der Waals surface area contributed by atoms with Gasteiger partial charge < -0.3 is 15.2 Å². The predicted molar refractivity (Wildman–Crippen MR) is 87.5 cm³/mol. The van der Waals surface area contributed by atoms with Crippen LogP contribution >= 0.6 is 0 Å². The molecule has 0 bridgehead atoms. The summed E-state index contributed by atoms with van der Waals surface area (Å²) in [6.45, 7) is 0.777. The second kappa shape index (κ2) is 6.56. The third-order valence-corrected chi connectivity index (χ3v) is 3.76. The first-order valence-electron chi connectivity index (χ1n) is 7.55. The molecule has 1 amide bonds. The van der Waals surface area contributed by atoms with E-state index in [0.29, 0.717) is 18.7 Å². The summed E-state index contributed by atoms with van der Waals surface area (Å²) in [5, 5.41) is 7.38. The van der Waals surface area contributed by atoms with Gasteiger partial charge in [0.2, 0.25) is 0 Å². The van der Waals surface area contributed by atoms with Crippen LogP contribution in [0.15, 0.2) is 48.3 Å². The van der Waals surface area contributed by atoms with Crippen LogP contribution in [0.25, 0.3) is 0 Å². The molecule has 0 radical (unpaired) electrons. The summed E-state index contributed by atoms with van der Waals surface area (Å²) < 4.78 is 11.0. The fourth-order valence-corrected chi connectivity index (χ4v) is 2.53. The lowest BCUT2D eigenvalue weighted by Crippen LogP contribution is -2.26. The van der Waals surface area contributed by atoms with Crippen LogP contribution < -0.4 is 10.6 Å². The number of benzene rings is 1. The van der Waals surface area contributed by atoms with E-state index in [9.17, 15) is 4.79 Å². The zero-order chi connectivity index (χ0) is 16.2. The summed E-state index contributed by atoms with van der Waals surface area (Å²) >= 11 is 0. The molecule has 0 aromatic heterocycles. The molecular formula is C17H19N3O3.